The van der Waals surface area contributed by atoms with Crippen LogP contribution in [0.1, 0.15) is 52.3 Å². The van der Waals surface area contributed by atoms with E-state index in [-0.39, 0.29) is 5.78 Å². The van der Waals surface area contributed by atoms with E-state index in [4.69, 9.17) is 0 Å². The van der Waals surface area contributed by atoms with Crippen molar-refractivity contribution in [1.29, 1.82) is 0 Å². The van der Waals surface area contributed by atoms with Gasteiger partial charge in [-0.15, -0.1) is 11.3 Å². The normalized spacial score (nSPS) is 12.3. The van der Waals surface area contributed by atoms with Crippen LogP contribution in [-0.4, -0.2) is 21.4 Å². The number of aryl methyl sites for hydroxylation is 1. The van der Waals surface area contributed by atoms with Crippen LogP contribution in [0.15, 0.2) is 23.6 Å². The van der Waals surface area contributed by atoms with Gasteiger partial charge in [-0.1, -0.05) is 19.4 Å². The van der Waals surface area contributed by atoms with E-state index in [1.165, 1.54) is 11.3 Å². The highest BCUT2D eigenvalue weighted by Gasteiger charge is 2.26. The zero-order valence-electron chi connectivity index (χ0n) is 12.4. The first-order chi connectivity index (χ1) is 9.97. The van der Waals surface area contributed by atoms with Gasteiger partial charge < -0.3 is 9.67 Å². The molecule has 21 heavy (non-hydrogen) atoms. The minimum Gasteiger partial charge on any atom is -0.481 e. The number of hydrogen-bond donors (Lipinski definition) is 1. The predicted octanol–water partition coefficient (Wildman–Crippen LogP) is 3.59. The molecule has 0 spiro atoms. The first-order valence-corrected chi connectivity index (χ1v) is 7.82. The van der Waals surface area contributed by atoms with Gasteiger partial charge in [0.25, 0.3) is 0 Å². The summed E-state index contributed by atoms with van der Waals surface area (Å²) in [6.07, 6.45) is 1.36. The summed E-state index contributed by atoms with van der Waals surface area (Å²) in [6.45, 7) is 3.82. The topological polar surface area (TPSA) is 59.3 Å². The molecule has 0 aliphatic rings. The number of carboxylic acid groups (broad SMARTS) is 1. The Morgan fingerprint density at radius 1 is 1.43 bits per heavy atom. The number of carboxylic acids is 1. The molecule has 1 N–H and O–H groups in total. The Bertz CT molecular complexity index is 655. The Labute approximate surface area is 128 Å². The van der Waals surface area contributed by atoms with Crippen LogP contribution in [0.4, 0.5) is 0 Å². The van der Waals surface area contributed by atoms with Gasteiger partial charge in [0, 0.05) is 12.7 Å². The average molecular weight is 305 g/mol. The minimum atomic E-state index is -0.840. The van der Waals surface area contributed by atoms with Crippen molar-refractivity contribution in [3.05, 3.63) is 45.4 Å². The summed E-state index contributed by atoms with van der Waals surface area (Å²) in [5.74, 6) is -1.45. The van der Waals surface area contributed by atoms with E-state index in [1.807, 2.05) is 31.4 Å². The summed E-state index contributed by atoms with van der Waals surface area (Å²) in [5, 5.41) is 11.3. The molecule has 0 fully saturated rings. The molecule has 0 saturated carbocycles. The quantitative estimate of drug-likeness (QED) is 0.830. The fraction of sp³-hybridized carbons (Fsp3) is 0.375. The second-order valence-corrected chi connectivity index (χ2v) is 6.09. The van der Waals surface area contributed by atoms with Crippen LogP contribution in [0.2, 0.25) is 0 Å². The zero-order chi connectivity index (χ0) is 15.6. The van der Waals surface area contributed by atoms with E-state index in [2.05, 4.69) is 0 Å². The molecule has 0 aliphatic heterocycles. The summed E-state index contributed by atoms with van der Waals surface area (Å²) >= 11 is 1.40. The molecule has 4 nitrogen and oxygen atoms in total. The molecule has 112 valence electrons. The molecule has 5 heteroatoms. The number of carbonyl (C=O) groups is 2. The fourth-order valence-corrected chi connectivity index (χ4v) is 3.32. The summed E-state index contributed by atoms with van der Waals surface area (Å²) in [7, 11) is 1.77. The standard InChI is InChI=1S/C16H19NO3S/c1-4-6-11(16(19)20)12-9-10(2)14(17(12)3)15(18)13-7-5-8-21-13/h5,7-9,11H,4,6H2,1-3H3,(H,19,20). The van der Waals surface area contributed by atoms with Crippen LogP contribution in [0.3, 0.4) is 0 Å². The summed E-state index contributed by atoms with van der Waals surface area (Å²) in [5.41, 5.74) is 2.10. The van der Waals surface area contributed by atoms with Crippen LogP contribution in [0.5, 0.6) is 0 Å². The van der Waals surface area contributed by atoms with Gasteiger partial charge >= 0.3 is 5.97 Å². The lowest BCUT2D eigenvalue weighted by molar-refractivity contribution is -0.139. The zero-order valence-corrected chi connectivity index (χ0v) is 13.2. The van der Waals surface area contributed by atoms with Gasteiger partial charge in [0.2, 0.25) is 5.78 Å². The monoisotopic (exact) mass is 305 g/mol. The lowest BCUT2D eigenvalue weighted by Gasteiger charge is -2.13. The SMILES string of the molecule is CCCC(C(=O)O)c1cc(C)c(C(=O)c2cccs2)n1C. The average Bonchev–Trinajstić information content (AvgIpc) is 3.04. The molecule has 0 aromatic carbocycles. The van der Waals surface area contributed by atoms with Crippen molar-refractivity contribution in [3.8, 4) is 0 Å². The second-order valence-electron chi connectivity index (χ2n) is 5.15. The Kier molecular flexibility index (Phi) is 4.63. The minimum absolute atomic E-state index is 0.0445. The molecule has 0 radical (unpaired) electrons. The molecule has 2 heterocycles. The first-order valence-electron chi connectivity index (χ1n) is 6.94. The third-order valence-corrected chi connectivity index (χ3v) is 4.52. The van der Waals surface area contributed by atoms with E-state index in [1.54, 1.807) is 17.7 Å². The van der Waals surface area contributed by atoms with E-state index < -0.39 is 11.9 Å². The first kappa shape index (κ1) is 15.5. The number of thiophene rings is 1. The molecular formula is C16H19NO3S. The van der Waals surface area contributed by atoms with E-state index in [0.717, 1.165) is 12.0 Å². The van der Waals surface area contributed by atoms with Gasteiger partial charge in [-0.2, -0.15) is 0 Å². The van der Waals surface area contributed by atoms with E-state index in [9.17, 15) is 14.7 Å². The largest absolute Gasteiger partial charge is 0.481 e. The lowest BCUT2D eigenvalue weighted by atomic mass is 10.00. The number of rotatable bonds is 6. The van der Waals surface area contributed by atoms with Crippen LogP contribution >= 0.6 is 11.3 Å². The Morgan fingerprint density at radius 3 is 2.67 bits per heavy atom. The van der Waals surface area contributed by atoms with Crippen molar-refractivity contribution in [3.63, 3.8) is 0 Å². The molecule has 0 bridgehead atoms. The van der Waals surface area contributed by atoms with Gasteiger partial charge in [-0.25, -0.2) is 0 Å². The van der Waals surface area contributed by atoms with Gasteiger partial charge in [-0.05, 0) is 36.4 Å². The Morgan fingerprint density at radius 2 is 2.14 bits per heavy atom. The molecular weight excluding hydrogens is 286 g/mol. The summed E-state index contributed by atoms with van der Waals surface area (Å²) in [4.78, 5) is 24.7. The number of aliphatic carboxylic acids is 1. The van der Waals surface area contributed by atoms with Crippen LogP contribution in [-0.2, 0) is 11.8 Å². The van der Waals surface area contributed by atoms with Crippen molar-refractivity contribution < 1.29 is 14.7 Å². The second kappa shape index (κ2) is 6.26. The molecule has 2 aromatic rings. The maximum absolute atomic E-state index is 12.6. The highest BCUT2D eigenvalue weighted by atomic mass is 32.1. The maximum Gasteiger partial charge on any atom is 0.312 e. The third-order valence-electron chi connectivity index (χ3n) is 3.65. The molecule has 1 unspecified atom stereocenters. The smallest absolute Gasteiger partial charge is 0.312 e. The van der Waals surface area contributed by atoms with Gasteiger partial charge in [-0.3, -0.25) is 9.59 Å². The van der Waals surface area contributed by atoms with Crippen molar-refractivity contribution >= 4 is 23.1 Å². The number of aromatic nitrogens is 1. The molecule has 0 saturated heterocycles. The maximum atomic E-state index is 12.6. The summed E-state index contributed by atoms with van der Waals surface area (Å²) < 4.78 is 1.74. The van der Waals surface area contributed by atoms with Crippen molar-refractivity contribution in [2.24, 2.45) is 7.05 Å². The fourth-order valence-electron chi connectivity index (χ4n) is 2.66. The van der Waals surface area contributed by atoms with Crippen molar-refractivity contribution in [1.82, 2.24) is 4.57 Å². The van der Waals surface area contributed by atoms with Crippen molar-refractivity contribution in [2.75, 3.05) is 0 Å². The Balaban J connectivity index is 2.46. The lowest BCUT2D eigenvalue weighted by Crippen LogP contribution is -2.17. The van der Waals surface area contributed by atoms with Gasteiger partial charge in [0.15, 0.2) is 0 Å². The molecule has 2 aromatic heterocycles. The number of hydrogen-bond acceptors (Lipinski definition) is 3. The number of ketones is 1. The number of nitrogens with zero attached hydrogens (tertiary/aromatic N) is 1. The highest BCUT2D eigenvalue weighted by Crippen LogP contribution is 2.28. The van der Waals surface area contributed by atoms with Crippen LogP contribution < -0.4 is 0 Å². The van der Waals surface area contributed by atoms with E-state index in [0.29, 0.717) is 22.7 Å². The third kappa shape index (κ3) is 2.93. The predicted molar refractivity (Wildman–Crippen MR) is 83.2 cm³/mol. The van der Waals surface area contributed by atoms with Gasteiger partial charge in [0.05, 0.1) is 16.5 Å². The van der Waals surface area contributed by atoms with Crippen LogP contribution in [0.25, 0.3) is 0 Å². The molecule has 2 rings (SSSR count). The van der Waals surface area contributed by atoms with Crippen LogP contribution in [0, 0.1) is 6.92 Å². The van der Waals surface area contributed by atoms with Gasteiger partial charge in [0.1, 0.15) is 0 Å². The molecule has 1 atom stereocenters. The Hall–Kier alpha value is -1.88. The van der Waals surface area contributed by atoms with E-state index >= 15 is 0 Å². The van der Waals surface area contributed by atoms with Crippen molar-refractivity contribution in [2.45, 2.75) is 32.6 Å². The summed E-state index contributed by atoms with van der Waals surface area (Å²) in [6, 6.07) is 5.46. The molecule has 0 aliphatic carbocycles. The molecule has 0 amide bonds. The highest BCUT2D eigenvalue weighted by molar-refractivity contribution is 7.12. The number of carbonyl (C=O) groups excluding carboxylic acids is 1.